The van der Waals surface area contributed by atoms with E-state index in [0.29, 0.717) is 0 Å². The maximum absolute atomic E-state index is 10.8. The number of rotatable bonds is 3. The second kappa shape index (κ2) is 4.21. The van der Waals surface area contributed by atoms with Crippen LogP contribution in [0, 0.1) is 17.0 Å². The summed E-state index contributed by atoms with van der Waals surface area (Å²) in [5.41, 5.74) is 0.0237. The summed E-state index contributed by atoms with van der Waals surface area (Å²) in [6.45, 7) is 1.51. The summed E-state index contributed by atoms with van der Waals surface area (Å²) >= 11 is 5.65. The topological polar surface area (TPSA) is 78.2 Å². The fourth-order valence-electron chi connectivity index (χ4n) is 1.45. The van der Waals surface area contributed by atoms with E-state index >= 15 is 0 Å². The Morgan fingerprint density at radius 2 is 2.19 bits per heavy atom. The van der Waals surface area contributed by atoms with Crippen LogP contribution in [-0.4, -0.2) is 21.0 Å². The molecule has 0 bridgehead atoms. The lowest BCUT2D eigenvalue weighted by Crippen LogP contribution is -2.25. The van der Waals surface area contributed by atoms with Crippen LogP contribution in [0.25, 0.3) is 0 Å². The first kappa shape index (κ1) is 11.1. The number of hydrogen-bond donors (Lipinski definition) is 0. The molecule has 2 rings (SSSR count). The number of aromatic nitrogens is 2. The Balaban J connectivity index is 2.35. The SMILES string of the molecule is Cc1nc(Cl)nc(OC2CCC2)c1[N+](=O)[O-]. The van der Waals surface area contributed by atoms with E-state index < -0.39 is 4.92 Å². The Labute approximate surface area is 96.8 Å². The first-order valence-electron chi connectivity index (χ1n) is 4.93. The molecule has 0 unspecified atom stereocenters. The molecule has 1 heterocycles. The molecule has 16 heavy (non-hydrogen) atoms. The molecule has 0 saturated heterocycles. The Morgan fingerprint density at radius 3 is 2.69 bits per heavy atom. The Morgan fingerprint density at radius 1 is 1.50 bits per heavy atom. The average molecular weight is 244 g/mol. The van der Waals surface area contributed by atoms with E-state index in [1.165, 1.54) is 6.92 Å². The van der Waals surface area contributed by atoms with Gasteiger partial charge >= 0.3 is 5.69 Å². The highest BCUT2D eigenvalue weighted by Crippen LogP contribution is 2.32. The predicted octanol–water partition coefficient (Wildman–Crippen LogP) is 2.28. The number of halogens is 1. The lowest BCUT2D eigenvalue weighted by Gasteiger charge is -2.25. The first-order valence-corrected chi connectivity index (χ1v) is 5.31. The third-order valence-electron chi connectivity index (χ3n) is 2.51. The maximum atomic E-state index is 10.8. The van der Waals surface area contributed by atoms with Crippen molar-refractivity contribution in [3.8, 4) is 5.88 Å². The predicted molar refractivity (Wildman–Crippen MR) is 56.7 cm³/mol. The number of nitrogens with zero attached hydrogens (tertiary/aromatic N) is 3. The molecule has 0 atom stereocenters. The molecular formula is C9H10ClN3O3. The average Bonchev–Trinajstić information content (AvgIpc) is 2.09. The number of nitro groups is 1. The molecule has 6 nitrogen and oxygen atoms in total. The second-order valence-corrected chi connectivity index (χ2v) is 4.00. The van der Waals surface area contributed by atoms with Gasteiger partial charge in [-0.2, -0.15) is 4.98 Å². The van der Waals surface area contributed by atoms with Crippen molar-refractivity contribution in [1.82, 2.24) is 9.97 Å². The van der Waals surface area contributed by atoms with Crippen LogP contribution in [0.5, 0.6) is 5.88 Å². The van der Waals surface area contributed by atoms with Gasteiger partial charge in [0, 0.05) is 0 Å². The van der Waals surface area contributed by atoms with Gasteiger partial charge in [-0.15, -0.1) is 0 Å². The van der Waals surface area contributed by atoms with Gasteiger partial charge in [0.15, 0.2) is 0 Å². The van der Waals surface area contributed by atoms with E-state index in [9.17, 15) is 10.1 Å². The molecule has 1 fully saturated rings. The minimum atomic E-state index is -0.542. The van der Waals surface area contributed by atoms with Gasteiger partial charge in [0.05, 0.1) is 4.92 Å². The highest BCUT2D eigenvalue weighted by molar-refractivity contribution is 6.28. The lowest BCUT2D eigenvalue weighted by atomic mass is 9.96. The number of hydrogen-bond acceptors (Lipinski definition) is 5. The van der Waals surface area contributed by atoms with Crippen molar-refractivity contribution in [2.45, 2.75) is 32.3 Å². The van der Waals surface area contributed by atoms with Crippen molar-refractivity contribution in [2.24, 2.45) is 0 Å². The Kier molecular flexibility index (Phi) is 2.91. The minimum absolute atomic E-state index is 0.0177. The summed E-state index contributed by atoms with van der Waals surface area (Å²) in [4.78, 5) is 17.8. The van der Waals surface area contributed by atoms with Crippen molar-refractivity contribution >= 4 is 17.3 Å². The third-order valence-corrected chi connectivity index (χ3v) is 2.68. The summed E-state index contributed by atoms with van der Waals surface area (Å²) in [6, 6.07) is 0. The molecule has 1 saturated carbocycles. The van der Waals surface area contributed by atoms with Crippen molar-refractivity contribution in [1.29, 1.82) is 0 Å². The van der Waals surface area contributed by atoms with Crippen LogP contribution in [0.15, 0.2) is 0 Å². The highest BCUT2D eigenvalue weighted by atomic mass is 35.5. The molecule has 0 spiro atoms. The standard InChI is InChI=1S/C9H10ClN3O3/c1-5-7(13(14)15)8(12-9(10)11-5)16-6-3-2-4-6/h6H,2-4H2,1H3. The lowest BCUT2D eigenvalue weighted by molar-refractivity contribution is -0.387. The molecule has 1 aliphatic carbocycles. The molecule has 7 heteroatoms. The molecule has 1 aromatic rings. The largest absolute Gasteiger partial charge is 0.469 e. The van der Waals surface area contributed by atoms with Crippen molar-refractivity contribution in [3.05, 3.63) is 21.1 Å². The fourth-order valence-corrected chi connectivity index (χ4v) is 1.65. The van der Waals surface area contributed by atoms with Gasteiger partial charge in [0.2, 0.25) is 5.28 Å². The van der Waals surface area contributed by atoms with Gasteiger partial charge in [0.25, 0.3) is 5.88 Å². The van der Waals surface area contributed by atoms with E-state index in [-0.39, 0.29) is 28.6 Å². The van der Waals surface area contributed by atoms with Crippen LogP contribution in [-0.2, 0) is 0 Å². The zero-order chi connectivity index (χ0) is 11.7. The summed E-state index contributed by atoms with van der Waals surface area (Å²) in [7, 11) is 0. The Bertz CT molecular complexity index is 434. The van der Waals surface area contributed by atoms with Crippen molar-refractivity contribution in [2.75, 3.05) is 0 Å². The van der Waals surface area contributed by atoms with Crippen LogP contribution in [0.2, 0.25) is 5.28 Å². The van der Waals surface area contributed by atoms with Gasteiger partial charge < -0.3 is 4.74 Å². The monoisotopic (exact) mass is 243 g/mol. The Hall–Kier alpha value is -1.43. The van der Waals surface area contributed by atoms with Crippen LogP contribution in [0.3, 0.4) is 0 Å². The first-order chi connectivity index (χ1) is 7.58. The van der Waals surface area contributed by atoms with Crippen LogP contribution in [0.1, 0.15) is 25.0 Å². The van der Waals surface area contributed by atoms with E-state index in [4.69, 9.17) is 16.3 Å². The van der Waals surface area contributed by atoms with Gasteiger partial charge in [-0.1, -0.05) is 0 Å². The molecule has 86 valence electrons. The van der Waals surface area contributed by atoms with Crippen LogP contribution in [0.4, 0.5) is 5.69 Å². The van der Waals surface area contributed by atoms with E-state index in [1.54, 1.807) is 0 Å². The fraction of sp³-hybridized carbons (Fsp3) is 0.556. The zero-order valence-corrected chi connectivity index (χ0v) is 9.40. The zero-order valence-electron chi connectivity index (χ0n) is 8.64. The van der Waals surface area contributed by atoms with Gasteiger partial charge in [-0.3, -0.25) is 10.1 Å². The molecule has 0 radical (unpaired) electrons. The second-order valence-electron chi connectivity index (χ2n) is 3.66. The highest BCUT2D eigenvalue weighted by Gasteiger charge is 2.28. The summed E-state index contributed by atoms with van der Waals surface area (Å²) in [5, 5.41) is 10.8. The van der Waals surface area contributed by atoms with Crippen molar-refractivity contribution < 1.29 is 9.66 Å². The smallest absolute Gasteiger partial charge is 0.352 e. The van der Waals surface area contributed by atoms with Gasteiger partial charge in [0.1, 0.15) is 11.8 Å². The molecule has 0 amide bonds. The van der Waals surface area contributed by atoms with Crippen molar-refractivity contribution in [3.63, 3.8) is 0 Å². The van der Waals surface area contributed by atoms with E-state index in [0.717, 1.165) is 19.3 Å². The minimum Gasteiger partial charge on any atom is -0.469 e. The van der Waals surface area contributed by atoms with Gasteiger partial charge in [-0.25, -0.2) is 4.98 Å². The van der Waals surface area contributed by atoms with Crippen LogP contribution < -0.4 is 4.74 Å². The molecule has 1 aromatic heterocycles. The molecular weight excluding hydrogens is 234 g/mol. The molecule has 0 aliphatic heterocycles. The molecule has 0 N–H and O–H groups in total. The summed E-state index contributed by atoms with van der Waals surface area (Å²) in [5.74, 6) is -0.0211. The number of ether oxygens (including phenoxy) is 1. The molecule has 1 aliphatic rings. The van der Waals surface area contributed by atoms with E-state index in [2.05, 4.69) is 9.97 Å². The molecule has 0 aromatic carbocycles. The van der Waals surface area contributed by atoms with Gasteiger partial charge in [-0.05, 0) is 37.8 Å². The van der Waals surface area contributed by atoms with Crippen LogP contribution >= 0.6 is 11.6 Å². The summed E-state index contributed by atoms with van der Waals surface area (Å²) in [6.07, 6.45) is 2.90. The number of aryl methyl sites for hydroxylation is 1. The normalized spacial score (nSPS) is 15.6. The third kappa shape index (κ3) is 2.06. The summed E-state index contributed by atoms with van der Waals surface area (Å²) < 4.78 is 5.43. The maximum Gasteiger partial charge on any atom is 0.352 e. The quantitative estimate of drug-likeness (QED) is 0.462. The van der Waals surface area contributed by atoms with E-state index in [1.807, 2.05) is 0 Å².